The third-order valence-corrected chi connectivity index (χ3v) is 5.64. The summed E-state index contributed by atoms with van der Waals surface area (Å²) in [4.78, 5) is 20.9. The van der Waals surface area contributed by atoms with Crippen molar-refractivity contribution in [2.45, 2.75) is 31.6 Å². The van der Waals surface area contributed by atoms with E-state index in [0.29, 0.717) is 30.9 Å². The van der Waals surface area contributed by atoms with Gasteiger partial charge in [-0.1, -0.05) is 18.2 Å². The molecule has 0 aliphatic rings. The number of ether oxygens (including phenoxy) is 2. The van der Waals surface area contributed by atoms with Crippen LogP contribution in [0.15, 0.2) is 54.6 Å². The number of phosphoric ester groups is 1. The Labute approximate surface area is 199 Å². The molecule has 188 valence electrons. The van der Waals surface area contributed by atoms with E-state index in [0.717, 1.165) is 5.75 Å². The van der Waals surface area contributed by atoms with Crippen molar-refractivity contribution >= 4 is 13.8 Å². The minimum Gasteiger partial charge on any atom is -0.804 e. The number of hydrogen-bond donors (Lipinski definition) is 2. The number of quaternary nitrogens is 1. The molecule has 0 spiro atoms. The molecule has 3 atom stereocenters. The Morgan fingerprint density at radius 3 is 2.12 bits per heavy atom. The summed E-state index contributed by atoms with van der Waals surface area (Å²) in [6.07, 6.45) is -2.89. The van der Waals surface area contributed by atoms with Crippen LogP contribution in [-0.2, 0) is 18.4 Å². The van der Waals surface area contributed by atoms with Crippen LogP contribution in [0, 0.1) is 0 Å². The van der Waals surface area contributed by atoms with Gasteiger partial charge in [-0.25, -0.2) is 4.57 Å². The van der Waals surface area contributed by atoms with Crippen molar-refractivity contribution in [1.29, 1.82) is 0 Å². The number of carboxylic acid groups (broad SMARTS) is 1. The molecule has 0 aromatic heterocycles. The van der Waals surface area contributed by atoms with Gasteiger partial charge in [0.15, 0.2) is 0 Å². The third kappa shape index (κ3) is 10.2. The number of unbranched alkanes of at least 4 members (excludes halogenated alkanes) is 1. The lowest BCUT2D eigenvalue weighted by Crippen LogP contribution is -2.60. The molecule has 0 radical (unpaired) electrons. The number of benzene rings is 2. The molecule has 2 aromatic rings. The van der Waals surface area contributed by atoms with Crippen molar-refractivity contribution in [3.05, 3.63) is 54.6 Å². The van der Waals surface area contributed by atoms with Gasteiger partial charge in [0.2, 0.25) is 0 Å². The van der Waals surface area contributed by atoms with Crippen LogP contribution in [0.1, 0.15) is 19.3 Å². The first-order valence-electron chi connectivity index (χ1n) is 10.8. The van der Waals surface area contributed by atoms with Gasteiger partial charge in [-0.05, 0) is 49.2 Å². The van der Waals surface area contributed by atoms with Crippen molar-refractivity contribution in [2.75, 3.05) is 34.4 Å². The van der Waals surface area contributed by atoms with Crippen molar-refractivity contribution < 1.29 is 47.5 Å². The molecule has 0 saturated carbocycles. The first-order valence-corrected chi connectivity index (χ1v) is 12.3. The molecule has 0 amide bonds. The Kier molecular flexibility index (Phi) is 10.5. The molecule has 2 N–H and O–H groups in total. The number of hydrogen-bond acceptors (Lipinski definition) is 7. The minimum absolute atomic E-state index is 0.116. The largest absolute Gasteiger partial charge is 0.804 e. The molecular weight excluding hydrogens is 465 g/mol. The molecule has 11 heteroatoms. The highest BCUT2D eigenvalue weighted by Crippen LogP contribution is 2.45. The van der Waals surface area contributed by atoms with E-state index < -0.39 is 32.5 Å². The Bertz CT molecular complexity index is 932. The minimum atomic E-state index is -4.60. The van der Waals surface area contributed by atoms with E-state index >= 15 is 0 Å². The van der Waals surface area contributed by atoms with E-state index in [1.807, 2.05) is 30.3 Å². The van der Waals surface area contributed by atoms with E-state index in [4.69, 9.17) is 23.6 Å². The average Bonchev–Trinajstić information content (AvgIpc) is 2.76. The van der Waals surface area contributed by atoms with Gasteiger partial charge >= 0.3 is 13.8 Å². The normalized spacial score (nSPS) is 15.2. The number of aliphatic carboxylic acids is 1. The second kappa shape index (κ2) is 12.9. The van der Waals surface area contributed by atoms with Gasteiger partial charge in [0.25, 0.3) is 0 Å². The zero-order valence-electron chi connectivity index (χ0n) is 19.5. The summed E-state index contributed by atoms with van der Waals surface area (Å²) in [6.45, 7) is 0.235. The lowest BCUT2D eigenvalue weighted by molar-refractivity contribution is -0.973. The van der Waals surface area contributed by atoms with Gasteiger partial charge < -0.3 is 29.1 Å². The second-order valence-electron chi connectivity index (χ2n) is 8.49. The Morgan fingerprint density at radius 1 is 0.971 bits per heavy atom. The van der Waals surface area contributed by atoms with Gasteiger partial charge in [0, 0.05) is 6.23 Å². The topological polar surface area (TPSA) is 135 Å². The molecule has 0 heterocycles. The van der Waals surface area contributed by atoms with Gasteiger partial charge in [-0.3, -0.25) is 13.8 Å². The van der Waals surface area contributed by atoms with Gasteiger partial charge in [-0.2, -0.15) is 0 Å². The molecule has 0 aliphatic carbocycles. The molecule has 10 nitrogen and oxygen atoms in total. The van der Waals surface area contributed by atoms with Crippen LogP contribution in [0.5, 0.6) is 17.2 Å². The molecule has 0 saturated heterocycles. The van der Waals surface area contributed by atoms with Crippen LogP contribution in [0.25, 0.3) is 0 Å². The molecule has 0 fully saturated rings. The third-order valence-electron chi connectivity index (χ3n) is 4.59. The van der Waals surface area contributed by atoms with E-state index in [1.54, 1.807) is 45.4 Å². The fourth-order valence-electron chi connectivity index (χ4n) is 2.87. The predicted octanol–water partition coefficient (Wildman–Crippen LogP) is 3.01. The summed E-state index contributed by atoms with van der Waals surface area (Å²) in [6, 6.07) is 16.5. The predicted molar refractivity (Wildman–Crippen MR) is 122 cm³/mol. The van der Waals surface area contributed by atoms with E-state index in [2.05, 4.69) is 0 Å². The number of phosphoric acid groups is 1. The molecule has 0 aliphatic heterocycles. The Balaban J connectivity index is 1.71. The quantitative estimate of drug-likeness (QED) is 0.165. The second-order valence-corrected chi connectivity index (χ2v) is 9.90. The lowest BCUT2D eigenvalue weighted by Gasteiger charge is -2.42. The van der Waals surface area contributed by atoms with E-state index in [9.17, 15) is 19.4 Å². The van der Waals surface area contributed by atoms with Crippen LogP contribution in [0.2, 0.25) is 0 Å². The number of likely N-dealkylation sites (N-methyl/N-ethyl adjacent to an activating group) is 1. The SMILES string of the molecule is C[N+](C)(C)C([O-])[C@@H](CC(=O)O)OP(=O)(O)OCCCCOc1ccc(Oc2ccccc2)cc1. The van der Waals surface area contributed by atoms with Crippen molar-refractivity contribution in [2.24, 2.45) is 0 Å². The summed E-state index contributed by atoms with van der Waals surface area (Å²) < 4.78 is 33.2. The summed E-state index contributed by atoms with van der Waals surface area (Å²) in [5.74, 6) is 0.753. The van der Waals surface area contributed by atoms with Crippen molar-refractivity contribution in [3.63, 3.8) is 0 Å². The molecule has 2 unspecified atom stereocenters. The first-order chi connectivity index (χ1) is 16.0. The maximum atomic E-state index is 12.4. The molecule has 2 aromatic carbocycles. The van der Waals surface area contributed by atoms with Crippen LogP contribution in [0.4, 0.5) is 0 Å². The maximum absolute atomic E-state index is 12.4. The maximum Gasteiger partial charge on any atom is 0.472 e. The highest BCUT2D eigenvalue weighted by atomic mass is 31.2. The zero-order valence-corrected chi connectivity index (χ0v) is 20.4. The van der Waals surface area contributed by atoms with Crippen LogP contribution in [0.3, 0.4) is 0 Å². The van der Waals surface area contributed by atoms with Crippen LogP contribution >= 0.6 is 7.82 Å². The Hall–Kier alpha value is -2.46. The summed E-state index contributed by atoms with van der Waals surface area (Å²) >= 11 is 0. The average molecular weight is 497 g/mol. The van der Waals surface area contributed by atoms with E-state index in [-0.39, 0.29) is 11.1 Å². The van der Waals surface area contributed by atoms with Gasteiger partial charge in [-0.15, -0.1) is 0 Å². The summed E-state index contributed by atoms with van der Waals surface area (Å²) in [5.41, 5.74) is 0. The van der Waals surface area contributed by atoms with Gasteiger partial charge in [0.05, 0.1) is 40.8 Å². The fourth-order valence-corrected chi connectivity index (χ4v) is 3.81. The highest BCUT2D eigenvalue weighted by molar-refractivity contribution is 7.47. The van der Waals surface area contributed by atoms with Crippen molar-refractivity contribution in [1.82, 2.24) is 0 Å². The molecule has 0 bridgehead atoms. The van der Waals surface area contributed by atoms with E-state index in [1.165, 1.54) is 0 Å². The number of nitrogens with zero attached hydrogens (tertiary/aromatic N) is 1. The number of carboxylic acids is 1. The summed E-state index contributed by atoms with van der Waals surface area (Å²) in [5, 5.41) is 21.4. The number of para-hydroxylation sites is 1. The van der Waals surface area contributed by atoms with Crippen LogP contribution < -0.4 is 14.6 Å². The fraction of sp³-hybridized carbons (Fsp3) is 0.435. The molecule has 34 heavy (non-hydrogen) atoms. The zero-order chi connectivity index (χ0) is 25.2. The molecular formula is C23H32NO9P. The molecule has 2 rings (SSSR count). The first kappa shape index (κ1) is 27.8. The monoisotopic (exact) mass is 497 g/mol. The number of rotatable bonds is 15. The smallest absolute Gasteiger partial charge is 0.472 e. The number of carbonyl (C=O) groups is 1. The standard InChI is InChI=1S/C23H32NO9P/c1-24(2,3)23(27)21(17-22(25)26)33-34(28,29)31-16-8-7-15-30-18-11-13-20(14-12-18)32-19-9-5-4-6-10-19/h4-6,9-14,21,23H,7-8,15-17H2,1-3H3,(H,25,26)(H,28,29)/t21-,23?/m1/s1. The van der Waals surface area contributed by atoms with Crippen LogP contribution in [-0.4, -0.2) is 67.1 Å². The lowest BCUT2D eigenvalue weighted by atomic mass is 10.2. The van der Waals surface area contributed by atoms with Gasteiger partial charge in [0.1, 0.15) is 23.4 Å². The summed E-state index contributed by atoms with van der Waals surface area (Å²) in [7, 11) is 0.0359. The van der Waals surface area contributed by atoms with Crippen molar-refractivity contribution in [3.8, 4) is 17.2 Å². The highest BCUT2D eigenvalue weighted by Gasteiger charge is 2.34. The Morgan fingerprint density at radius 2 is 1.53 bits per heavy atom.